The molecule has 1 aliphatic carbocycles. The molecule has 0 aromatic rings. The number of hydrogen-bond acceptors (Lipinski definition) is 2. The molecule has 1 aliphatic rings. The average Bonchev–Trinajstić information content (AvgIpc) is 2.11. The minimum Gasteiger partial charge on any atom is -0.328 e. The topological polar surface area (TPSA) is 38.0 Å². The van der Waals surface area contributed by atoms with Gasteiger partial charge in [0.25, 0.3) is 0 Å². The van der Waals surface area contributed by atoms with Gasteiger partial charge in [0.1, 0.15) is 0 Å². The van der Waals surface area contributed by atoms with Crippen LogP contribution < -0.4 is 11.1 Å². The van der Waals surface area contributed by atoms with Crippen LogP contribution in [0.15, 0.2) is 0 Å². The Bertz CT molecular complexity index is 171. The van der Waals surface area contributed by atoms with Crippen molar-refractivity contribution in [3.8, 4) is 0 Å². The van der Waals surface area contributed by atoms with Crippen molar-refractivity contribution in [2.24, 2.45) is 11.1 Å². The predicted octanol–water partition coefficient (Wildman–Crippen LogP) is 2.67. The highest BCUT2D eigenvalue weighted by molar-refractivity contribution is 4.88. The molecule has 0 unspecified atom stereocenters. The molecule has 15 heavy (non-hydrogen) atoms. The van der Waals surface area contributed by atoms with E-state index in [1.54, 1.807) is 0 Å². The second-order valence-corrected chi connectivity index (χ2v) is 5.93. The maximum absolute atomic E-state index is 5.77. The van der Waals surface area contributed by atoms with Gasteiger partial charge in [-0.05, 0) is 24.7 Å². The smallest absolute Gasteiger partial charge is 0.00967 e. The summed E-state index contributed by atoms with van der Waals surface area (Å²) in [5.41, 5.74) is 6.22. The van der Waals surface area contributed by atoms with Crippen LogP contribution >= 0.6 is 0 Å². The molecule has 0 radical (unpaired) electrons. The molecule has 0 amide bonds. The summed E-state index contributed by atoms with van der Waals surface area (Å²) in [6.07, 6.45) is 7.75. The SMILES string of the molecule is CCCCCC(C)(C)CNC1CC(N)C1. The lowest BCUT2D eigenvalue weighted by atomic mass is 9.83. The van der Waals surface area contributed by atoms with Crippen molar-refractivity contribution in [2.75, 3.05) is 6.54 Å². The molecule has 0 bridgehead atoms. The van der Waals surface area contributed by atoms with E-state index in [0.717, 1.165) is 6.54 Å². The summed E-state index contributed by atoms with van der Waals surface area (Å²) in [6.45, 7) is 8.15. The van der Waals surface area contributed by atoms with Crippen LogP contribution in [0, 0.1) is 5.41 Å². The molecule has 0 spiro atoms. The summed E-state index contributed by atoms with van der Waals surface area (Å²) in [6, 6.07) is 1.16. The van der Waals surface area contributed by atoms with Crippen molar-refractivity contribution in [1.29, 1.82) is 0 Å². The second-order valence-electron chi connectivity index (χ2n) is 5.93. The first-order valence-electron chi connectivity index (χ1n) is 6.52. The summed E-state index contributed by atoms with van der Waals surface area (Å²) in [7, 11) is 0. The normalized spacial score (nSPS) is 26.4. The van der Waals surface area contributed by atoms with Crippen molar-refractivity contribution >= 4 is 0 Å². The standard InChI is InChI=1S/C13H28N2/c1-4-5-6-7-13(2,3)10-15-12-8-11(14)9-12/h11-12,15H,4-10,14H2,1-3H3. The van der Waals surface area contributed by atoms with Crippen LogP contribution in [-0.2, 0) is 0 Å². The van der Waals surface area contributed by atoms with Crippen LogP contribution in [0.1, 0.15) is 59.3 Å². The zero-order chi connectivity index (χ0) is 11.3. The Morgan fingerprint density at radius 1 is 1.27 bits per heavy atom. The van der Waals surface area contributed by atoms with Crippen molar-refractivity contribution < 1.29 is 0 Å². The zero-order valence-electron chi connectivity index (χ0n) is 10.7. The lowest BCUT2D eigenvalue weighted by Crippen LogP contribution is -2.50. The predicted molar refractivity (Wildman–Crippen MR) is 66.9 cm³/mol. The fourth-order valence-electron chi connectivity index (χ4n) is 2.19. The van der Waals surface area contributed by atoms with Crippen molar-refractivity contribution in [3.05, 3.63) is 0 Å². The highest BCUT2D eigenvalue weighted by atomic mass is 15.0. The zero-order valence-corrected chi connectivity index (χ0v) is 10.7. The molecule has 0 atom stereocenters. The number of hydrogen-bond donors (Lipinski definition) is 2. The maximum atomic E-state index is 5.77. The van der Waals surface area contributed by atoms with E-state index >= 15 is 0 Å². The first-order valence-corrected chi connectivity index (χ1v) is 6.52. The quantitative estimate of drug-likeness (QED) is 0.637. The average molecular weight is 212 g/mol. The summed E-state index contributed by atoms with van der Waals surface area (Å²) in [5.74, 6) is 0. The molecule has 0 aliphatic heterocycles. The molecule has 90 valence electrons. The van der Waals surface area contributed by atoms with Crippen LogP contribution in [0.5, 0.6) is 0 Å². The van der Waals surface area contributed by atoms with Gasteiger partial charge in [-0.3, -0.25) is 0 Å². The van der Waals surface area contributed by atoms with E-state index in [4.69, 9.17) is 5.73 Å². The summed E-state index contributed by atoms with van der Waals surface area (Å²) in [5, 5.41) is 3.64. The summed E-state index contributed by atoms with van der Waals surface area (Å²) in [4.78, 5) is 0. The van der Waals surface area contributed by atoms with Gasteiger partial charge in [0.05, 0.1) is 0 Å². The molecule has 2 heteroatoms. The van der Waals surface area contributed by atoms with Gasteiger partial charge in [-0.2, -0.15) is 0 Å². The van der Waals surface area contributed by atoms with E-state index in [1.807, 2.05) is 0 Å². The lowest BCUT2D eigenvalue weighted by molar-refractivity contribution is 0.232. The van der Waals surface area contributed by atoms with E-state index in [2.05, 4.69) is 26.1 Å². The van der Waals surface area contributed by atoms with E-state index in [0.29, 0.717) is 17.5 Å². The summed E-state index contributed by atoms with van der Waals surface area (Å²) < 4.78 is 0. The number of nitrogens with one attached hydrogen (secondary N) is 1. The summed E-state index contributed by atoms with van der Waals surface area (Å²) >= 11 is 0. The molecular formula is C13H28N2. The van der Waals surface area contributed by atoms with Crippen molar-refractivity contribution in [3.63, 3.8) is 0 Å². The van der Waals surface area contributed by atoms with Crippen LogP contribution in [0.3, 0.4) is 0 Å². The molecule has 1 saturated carbocycles. The molecule has 0 aromatic carbocycles. The molecule has 1 fully saturated rings. The first kappa shape index (κ1) is 13.0. The second kappa shape index (κ2) is 5.86. The monoisotopic (exact) mass is 212 g/mol. The Morgan fingerprint density at radius 3 is 2.47 bits per heavy atom. The van der Waals surface area contributed by atoms with Crippen LogP contribution in [0.2, 0.25) is 0 Å². The minimum absolute atomic E-state index is 0.453. The van der Waals surface area contributed by atoms with Crippen molar-refractivity contribution in [2.45, 2.75) is 71.4 Å². The van der Waals surface area contributed by atoms with Gasteiger partial charge in [0.2, 0.25) is 0 Å². The van der Waals surface area contributed by atoms with Gasteiger partial charge in [-0.1, -0.05) is 40.0 Å². The van der Waals surface area contributed by atoms with E-state index in [9.17, 15) is 0 Å². The maximum Gasteiger partial charge on any atom is 0.00967 e. The molecule has 0 aromatic heterocycles. The van der Waals surface area contributed by atoms with Crippen molar-refractivity contribution in [1.82, 2.24) is 5.32 Å². The molecule has 3 N–H and O–H groups in total. The van der Waals surface area contributed by atoms with Crippen LogP contribution in [0.4, 0.5) is 0 Å². The van der Waals surface area contributed by atoms with Gasteiger partial charge < -0.3 is 11.1 Å². The number of unbranched alkanes of at least 4 members (excludes halogenated alkanes) is 2. The van der Waals surface area contributed by atoms with E-state index in [-0.39, 0.29) is 0 Å². The van der Waals surface area contributed by atoms with Gasteiger partial charge >= 0.3 is 0 Å². The Labute approximate surface area is 95.0 Å². The molecule has 0 heterocycles. The Morgan fingerprint density at radius 2 is 1.93 bits per heavy atom. The first-order chi connectivity index (χ1) is 7.03. The third-order valence-electron chi connectivity index (χ3n) is 3.50. The van der Waals surface area contributed by atoms with E-state index < -0.39 is 0 Å². The molecule has 0 saturated heterocycles. The fourth-order valence-corrected chi connectivity index (χ4v) is 2.19. The third-order valence-corrected chi connectivity index (χ3v) is 3.50. The van der Waals surface area contributed by atoms with Gasteiger partial charge in [0, 0.05) is 18.6 Å². The number of rotatable bonds is 7. The third kappa shape index (κ3) is 4.98. The largest absolute Gasteiger partial charge is 0.328 e. The molecule has 1 rings (SSSR count). The van der Waals surface area contributed by atoms with Crippen LogP contribution in [-0.4, -0.2) is 18.6 Å². The molecular weight excluding hydrogens is 184 g/mol. The highest BCUT2D eigenvalue weighted by Gasteiger charge is 2.27. The Hall–Kier alpha value is -0.0800. The highest BCUT2D eigenvalue weighted by Crippen LogP contribution is 2.25. The van der Waals surface area contributed by atoms with Crippen LogP contribution in [0.25, 0.3) is 0 Å². The van der Waals surface area contributed by atoms with Gasteiger partial charge in [-0.25, -0.2) is 0 Å². The minimum atomic E-state index is 0.453. The fraction of sp³-hybridized carbons (Fsp3) is 1.00. The molecule has 2 nitrogen and oxygen atoms in total. The Kier molecular flexibility index (Phi) is 5.07. The van der Waals surface area contributed by atoms with E-state index in [1.165, 1.54) is 38.5 Å². The van der Waals surface area contributed by atoms with Gasteiger partial charge in [0.15, 0.2) is 0 Å². The lowest BCUT2D eigenvalue weighted by Gasteiger charge is -2.36. The Balaban J connectivity index is 2.07. The number of nitrogens with two attached hydrogens (primary N) is 1. The van der Waals surface area contributed by atoms with Gasteiger partial charge in [-0.15, -0.1) is 0 Å².